The van der Waals surface area contributed by atoms with Gasteiger partial charge < -0.3 is 4.90 Å². The predicted octanol–water partition coefficient (Wildman–Crippen LogP) is 3.90. The van der Waals surface area contributed by atoms with Crippen LogP contribution in [0, 0.1) is 6.92 Å². The van der Waals surface area contributed by atoms with Gasteiger partial charge in [0.05, 0.1) is 6.20 Å². The Balaban J connectivity index is 1.81. The highest BCUT2D eigenvalue weighted by Gasteiger charge is 2.22. The van der Waals surface area contributed by atoms with Gasteiger partial charge in [0, 0.05) is 42.3 Å². The first-order valence-electron chi connectivity index (χ1n) is 8.25. The molecule has 0 saturated carbocycles. The van der Waals surface area contributed by atoms with Crippen molar-refractivity contribution in [1.29, 1.82) is 0 Å². The maximum absolute atomic E-state index is 12.9. The largest absolute Gasteiger partial charge is 0.330 e. The SMILES string of the molecule is Cc1ccc(-c2nc(C(=O)N(Cc3cnn(C)c3)C(C)C)cs2)cc1. The van der Waals surface area contributed by atoms with Gasteiger partial charge in [0.1, 0.15) is 10.7 Å². The van der Waals surface area contributed by atoms with E-state index in [0.29, 0.717) is 12.2 Å². The van der Waals surface area contributed by atoms with Crippen LogP contribution in [-0.4, -0.2) is 31.6 Å². The van der Waals surface area contributed by atoms with Gasteiger partial charge in [-0.3, -0.25) is 9.48 Å². The minimum atomic E-state index is -0.0477. The average molecular weight is 354 g/mol. The van der Waals surface area contributed by atoms with Gasteiger partial charge in [-0.2, -0.15) is 5.10 Å². The maximum Gasteiger partial charge on any atom is 0.273 e. The van der Waals surface area contributed by atoms with Crippen LogP contribution in [0.5, 0.6) is 0 Å². The molecular weight excluding hydrogens is 332 g/mol. The number of amides is 1. The molecule has 3 aromatic rings. The summed E-state index contributed by atoms with van der Waals surface area (Å²) in [4.78, 5) is 19.3. The van der Waals surface area contributed by atoms with E-state index in [4.69, 9.17) is 0 Å². The van der Waals surface area contributed by atoms with Crippen LogP contribution in [0.3, 0.4) is 0 Å². The molecule has 130 valence electrons. The highest BCUT2D eigenvalue weighted by atomic mass is 32.1. The Morgan fingerprint density at radius 1 is 1.28 bits per heavy atom. The van der Waals surface area contributed by atoms with Crippen LogP contribution in [-0.2, 0) is 13.6 Å². The normalized spacial score (nSPS) is 11.1. The quantitative estimate of drug-likeness (QED) is 0.698. The zero-order valence-electron chi connectivity index (χ0n) is 14.9. The van der Waals surface area contributed by atoms with Crippen molar-refractivity contribution in [3.05, 3.63) is 58.9 Å². The van der Waals surface area contributed by atoms with Crippen LogP contribution in [0.15, 0.2) is 42.0 Å². The first kappa shape index (κ1) is 17.4. The van der Waals surface area contributed by atoms with Crippen molar-refractivity contribution in [3.63, 3.8) is 0 Å². The molecular formula is C19H22N4OS. The molecule has 5 nitrogen and oxygen atoms in total. The number of benzene rings is 1. The molecule has 0 aliphatic heterocycles. The molecule has 1 aromatic carbocycles. The van der Waals surface area contributed by atoms with Crippen LogP contribution in [0.1, 0.15) is 35.5 Å². The molecule has 6 heteroatoms. The van der Waals surface area contributed by atoms with Crippen LogP contribution in [0.25, 0.3) is 10.6 Å². The molecule has 0 N–H and O–H groups in total. The van der Waals surface area contributed by atoms with E-state index < -0.39 is 0 Å². The summed E-state index contributed by atoms with van der Waals surface area (Å²) in [7, 11) is 1.87. The van der Waals surface area contributed by atoms with Crippen molar-refractivity contribution in [2.75, 3.05) is 0 Å². The number of carbonyl (C=O) groups excluding carboxylic acids is 1. The second kappa shape index (κ2) is 7.19. The Kier molecular flexibility index (Phi) is 4.99. The molecule has 0 saturated heterocycles. The fourth-order valence-corrected chi connectivity index (χ4v) is 3.39. The predicted molar refractivity (Wildman–Crippen MR) is 101 cm³/mol. The van der Waals surface area contributed by atoms with Gasteiger partial charge in [-0.15, -0.1) is 11.3 Å². The zero-order chi connectivity index (χ0) is 18.0. The number of thiazole rings is 1. The van der Waals surface area contributed by atoms with E-state index in [2.05, 4.69) is 29.1 Å². The van der Waals surface area contributed by atoms with Gasteiger partial charge in [-0.25, -0.2) is 4.98 Å². The highest BCUT2D eigenvalue weighted by Crippen LogP contribution is 2.25. The molecule has 0 aliphatic carbocycles. The minimum Gasteiger partial charge on any atom is -0.330 e. The number of rotatable bonds is 5. The van der Waals surface area contributed by atoms with E-state index in [1.165, 1.54) is 16.9 Å². The molecule has 2 heterocycles. The maximum atomic E-state index is 12.9. The third-order valence-electron chi connectivity index (χ3n) is 4.02. The number of carbonyl (C=O) groups is 1. The molecule has 0 fully saturated rings. The summed E-state index contributed by atoms with van der Waals surface area (Å²) < 4.78 is 1.75. The van der Waals surface area contributed by atoms with Crippen molar-refractivity contribution in [1.82, 2.24) is 19.7 Å². The van der Waals surface area contributed by atoms with Gasteiger partial charge in [0.15, 0.2) is 0 Å². The topological polar surface area (TPSA) is 51.0 Å². The lowest BCUT2D eigenvalue weighted by molar-refractivity contribution is 0.0685. The van der Waals surface area contributed by atoms with E-state index in [1.807, 2.05) is 49.5 Å². The Morgan fingerprint density at radius 2 is 2.00 bits per heavy atom. The van der Waals surface area contributed by atoms with Gasteiger partial charge in [0.2, 0.25) is 0 Å². The molecule has 25 heavy (non-hydrogen) atoms. The second-order valence-corrected chi connectivity index (χ2v) is 7.31. The van der Waals surface area contributed by atoms with E-state index in [9.17, 15) is 4.79 Å². The van der Waals surface area contributed by atoms with Crippen LogP contribution >= 0.6 is 11.3 Å². The average Bonchev–Trinajstić information content (AvgIpc) is 3.22. The standard InChI is InChI=1S/C19H22N4OS/c1-13(2)23(11-15-9-20-22(4)10-15)19(24)17-12-25-18(21-17)16-7-5-14(3)6-8-16/h5-10,12-13H,11H2,1-4H3. The molecule has 0 unspecified atom stereocenters. The van der Waals surface area contributed by atoms with Crippen molar-refractivity contribution >= 4 is 17.2 Å². The summed E-state index contributed by atoms with van der Waals surface area (Å²) in [6.07, 6.45) is 3.73. The fourth-order valence-electron chi connectivity index (χ4n) is 2.59. The number of aryl methyl sites for hydroxylation is 2. The highest BCUT2D eigenvalue weighted by molar-refractivity contribution is 7.13. The van der Waals surface area contributed by atoms with Crippen LogP contribution < -0.4 is 0 Å². The molecule has 0 spiro atoms. The number of hydrogen-bond acceptors (Lipinski definition) is 4. The monoisotopic (exact) mass is 354 g/mol. The molecule has 0 bridgehead atoms. The summed E-state index contributed by atoms with van der Waals surface area (Å²) in [6, 6.07) is 8.27. The van der Waals surface area contributed by atoms with Gasteiger partial charge in [-0.05, 0) is 20.8 Å². The van der Waals surface area contributed by atoms with Gasteiger partial charge in [0.25, 0.3) is 5.91 Å². The Bertz CT molecular complexity index is 864. The molecule has 3 rings (SSSR count). The zero-order valence-corrected chi connectivity index (χ0v) is 15.7. The molecule has 1 amide bonds. The van der Waals surface area contributed by atoms with E-state index in [1.54, 1.807) is 10.9 Å². The van der Waals surface area contributed by atoms with E-state index in [-0.39, 0.29) is 11.9 Å². The van der Waals surface area contributed by atoms with E-state index in [0.717, 1.165) is 16.1 Å². The third kappa shape index (κ3) is 3.96. The van der Waals surface area contributed by atoms with Crippen molar-refractivity contribution in [2.45, 2.75) is 33.4 Å². The Hall–Kier alpha value is -2.47. The first-order valence-corrected chi connectivity index (χ1v) is 9.13. The van der Waals surface area contributed by atoms with Crippen molar-refractivity contribution in [3.8, 4) is 10.6 Å². The first-order chi connectivity index (χ1) is 11.9. The molecule has 0 aliphatic rings. The minimum absolute atomic E-state index is 0.0477. The Morgan fingerprint density at radius 3 is 2.60 bits per heavy atom. The van der Waals surface area contributed by atoms with E-state index >= 15 is 0 Å². The third-order valence-corrected chi connectivity index (χ3v) is 4.91. The Labute approximate surface area is 151 Å². The lowest BCUT2D eigenvalue weighted by Crippen LogP contribution is -2.36. The smallest absolute Gasteiger partial charge is 0.273 e. The lowest BCUT2D eigenvalue weighted by Gasteiger charge is -2.25. The van der Waals surface area contributed by atoms with Crippen molar-refractivity contribution in [2.24, 2.45) is 7.05 Å². The van der Waals surface area contributed by atoms with Gasteiger partial charge in [-0.1, -0.05) is 29.8 Å². The summed E-state index contributed by atoms with van der Waals surface area (Å²) in [5.74, 6) is -0.0477. The van der Waals surface area contributed by atoms with Gasteiger partial charge >= 0.3 is 0 Å². The second-order valence-electron chi connectivity index (χ2n) is 6.45. The fraction of sp³-hybridized carbons (Fsp3) is 0.316. The summed E-state index contributed by atoms with van der Waals surface area (Å²) in [6.45, 7) is 6.62. The molecule has 0 radical (unpaired) electrons. The van der Waals surface area contributed by atoms with Crippen LogP contribution in [0.2, 0.25) is 0 Å². The van der Waals surface area contributed by atoms with Crippen molar-refractivity contribution < 1.29 is 4.79 Å². The summed E-state index contributed by atoms with van der Waals surface area (Å²) >= 11 is 1.50. The number of hydrogen-bond donors (Lipinski definition) is 0. The van der Waals surface area contributed by atoms with Crippen LogP contribution in [0.4, 0.5) is 0 Å². The lowest BCUT2D eigenvalue weighted by atomic mass is 10.2. The summed E-state index contributed by atoms with van der Waals surface area (Å²) in [5, 5.41) is 6.89. The number of aromatic nitrogens is 3. The number of nitrogens with zero attached hydrogens (tertiary/aromatic N) is 4. The summed E-state index contributed by atoms with van der Waals surface area (Å²) in [5.41, 5.74) is 3.76. The molecule has 0 atom stereocenters. The molecule has 2 aromatic heterocycles.